The number of benzene rings is 1. The number of phenols is 1. The molecule has 9 nitrogen and oxygen atoms in total. The Bertz CT molecular complexity index is 1060. The van der Waals surface area contributed by atoms with Crippen molar-refractivity contribution in [3.63, 3.8) is 0 Å². The standard InChI is InChI=1S/C22H24O9/c1-9-10(2)29-22(20(28)17(9)25)30-13-7-14(24)16-15(8-13)31-21(19(27)18(16)26)11-3-5-12(23)6-4-11/h3-6,8-10,14,17,20,22-25,27-28H,7H2,1-2H3/t9-,10-,14+,17+,20+,22+/m0/s1. The summed E-state index contributed by atoms with van der Waals surface area (Å²) in [5, 5.41) is 50.8. The molecule has 4 rings (SSSR count). The van der Waals surface area contributed by atoms with Crippen molar-refractivity contribution >= 4 is 6.08 Å². The number of aliphatic hydroxyl groups excluding tert-OH is 3. The molecule has 0 radical (unpaired) electrons. The number of hydrogen-bond acceptors (Lipinski definition) is 9. The number of phenolic OH excluding ortho intramolecular Hbond substituents is 1. The van der Waals surface area contributed by atoms with Crippen LogP contribution in [0.2, 0.25) is 0 Å². The van der Waals surface area contributed by atoms with Crippen LogP contribution in [-0.2, 0) is 9.47 Å². The van der Waals surface area contributed by atoms with E-state index in [1.807, 2.05) is 0 Å². The van der Waals surface area contributed by atoms with Crippen molar-refractivity contribution in [1.82, 2.24) is 0 Å². The molecule has 2 aromatic rings. The van der Waals surface area contributed by atoms with E-state index in [0.717, 1.165) is 0 Å². The van der Waals surface area contributed by atoms with Crippen LogP contribution in [0.25, 0.3) is 17.4 Å². The zero-order valence-corrected chi connectivity index (χ0v) is 16.9. The molecule has 1 aliphatic carbocycles. The average molecular weight is 432 g/mol. The molecule has 0 unspecified atom stereocenters. The highest BCUT2D eigenvalue weighted by Crippen LogP contribution is 2.38. The smallest absolute Gasteiger partial charge is 0.233 e. The van der Waals surface area contributed by atoms with Gasteiger partial charge in [-0.3, -0.25) is 4.79 Å². The molecule has 0 saturated carbocycles. The van der Waals surface area contributed by atoms with E-state index in [9.17, 15) is 30.3 Å². The SMILES string of the molecule is C[C@@H]1[C@@H](O)[C@@H](O)[C@@H](OC2=Cc3oc(-c4ccc(O)cc4)c(O)c(=O)c3[C@H](O)C2)O[C@H]1C. The number of hydrogen-bond donors (Lipinski definition) is 5. The van der Waals surface area contributed by atoms with Crippen LogP contribution in [0.15, 0.2) is 39.2 Å². The second-order valence-electron chi connectivity index (χ2n) is 7.93. The number of aromatic hydroxyl groups is 2. The summed E-state index contributed by atoms with van der Waals surface area (Å²) in [7, 11) is 0. The first-order chi connectivity index (χ1) is 14.7. The molecule has 2 heterocycles. The molecule has 5 N–H and O–H groups in total. The van der Waals surface area contributed by atoms with Gasteiger partial charge in [-0.15, -0.1) is 0 Å². The fraction of sp³-hybridized carbons (Fsp3) is 0.409. The summed E-state index contributed by atoms with van der Waals surface area (Å²) in [6.45, 7) is 3.50. The van der Waals surface area contributed by atoms with Gasteiger partial charge >= 0.3 is 0 Å². The number of aliphatic hydroxyl groups is 3. The minimum atomic E-state index is -1.31. The van der Waals surface area contributed by atoms with Gasteiger partial charge in [-0.1, -0.05) is 6.92 Å². The molecule has 0 amide bonds. The summed E-state index contributed by atoms with van der Waals surface area (Å²) in [4.78, 5) is 12.7. The highest BCUT2D eigenvalue weighted by atomic mass is 16.7. The van der Waals surface area contributed by atoms with Crippen molar-refractivity contribution in [2.45, 2.75) is 51.0 Å². The van der Waals surface area contributed by atoms with E-state index in [-0.39, 0.29) is 47.0 Å². The molecule has 1 saturated heterocycles. The third kappa shape index (κ3) is 3.81. The molecule has 1 aromatic heterocycles. The molecule has 31 heavy (non-hydrogen) atoms. The minimum absolute atomic E-state index is 0.00586. The van der Waals surface area contributed by atoms with Crippen LogP contribution in [0.4, 0.5) is 0 Å². The molecule has 1 aromatic carbocycles. The maximum Gasteiger partial charge on any atom is 0.233 e. The fourth-order valence-electron chi connectivity index (χ4n) is 3.78. The lowest BCUT2D eigenvalue weighted by molar-refractivity contribution is -0.269. The van der Waals surface area contributed by atoms with Gasteiger partial charge in [-0.2, -0.15) is 0 Å². The van der Waals surface area contributed by atoms with E-state index in [2.05, 4.69) is 0 Å². The van der Waals surface area contributed by atoms with Gasteiger partial charge in [0.25, 0.3) is 0 Å². The predicted octanol–water partition coefficient (Wildman–Crippen LogP) is 1.62. The zero-order valence-electron chi connectivity index (χ0n) is 16.9. The maximum atomic E-state index is 12.7. The summed E-state index contributed by atoms with van der Waals surface area (Å²) < 4.78 is 17.1. The molecule has 0 bridgehead atoms. The van der Waals surface area contributed by atoms with Crippen molar-refractivity contribution in [3.05, 3.63) is 51.6 Å². The zero-order chi connectivity index (χ0) is 22.4. The van der Waals surface area contributed by atoms with Gasteiger partial charge in [-0.25, -0.2) is 0 Å². The van der Waals surface area contributed by atoms with Crippen LogP contribution in [0.1, 0.15) is 37.7 Å². The van der Waals surface area contributed by atoms with Crippen LogP contribution in [0.3, 0.4) is 0 Å². The van der Waals surface area contributed by atoms with E-state index in [4.69, 9.17) is 13.9 Å². The van der Waals surface area contributed by atoms with Crippen LogP contribution in [0.5, 0.6) is 11.5 Å². The Balaban J connectivity index is 1.70. The van der Waals surface area contributed by atoms with Gasteiger partial charge < -0.3 is 39.4 Å². The van der Waals surface area contributed by atoms with Crippen molar-refractivity contribution in [3.8, 4) is 22.8 Å². The predicted molar refractivity (Wildman–Crippen MR) is 108 cm³/mol. The molecule has 2 aliphatic rings. The molecule has 1 fully saturated rings. The topological polar surface area (TPSA) is 150 Å². The Morgan fingerprint density at radius 1 is 1.03 bits per heavy atom. The van der Waals surface area contributed by atoms with Crippen molar-refractivity contribution < 1.29 is 39.4 Å². The first kappa shape index (κ1) is 21.4. The monoisotopic (exact) mass is 432 g/mol. The molecule has 0 spiro atoms. The Morgan fingerprint density at radius 2 is 1.71 bits per heavy atom. The second-order valence-corrected chi connectivity index (χ2v) is 7.93. The minimum Gasteiger partial charge on any atom is -0.508 e. The average Bonchev–Trinajstić information content (AvgIpc) is 2.73. The van der Waals surface area contributed by atoms with E-state index < -0.39 is 35.8 Å². The van der Waals surface area contributed by atoms with Crippen LogP contribution < -0.4 is 5.43 Å². The first-order valence-corrected chi connectivity index (χ1v) is 9.93. The fourth-order valence-corrected chi connectivity index (χ4v) is 3.78. The highest BCUT2D eigenvalue weighted by Gasteiger charge is 2.42. The Morgan fingerprint density at radius 3 is 2.39 bits per heavy atom. The van der Waals surface area contributed by atoms with Crippen LogP contribution in [0, 0.1) is 5.92 Å². The number of ether oxygens (including phenoxy) is 2. The lowest BCUT2D eigenvalue weighted by Gasteiger charge is -2.40. The van der Waals surface area contributed by atoms with E-state index in [0.29, 0.717) is 5.56 Å². The summed E-state index contributed by atoms with van der Waals surface area (Å²) in [5.74, 6) is -0.893. The number of fused-ring (bicyclic) bond motifs is 1. The van der Waals surface area contributed by atoms with E-state index in [1.54, 1.807) is 13.8 Å². The van der Waals surface area contributed by atoms with Gasteiger partial charge in [0.2, 0.25) is 17.5 Å². The highest BCUT2D eigenvalue weighted by molar-refractivity contribution is 5.67. The van der Waals surface area contributed by atoms with Gasteiger partial charge in [0.05, 0.1) is 23.9 Å². The van der Waals surface area contributed by atoms with Crippen molar-refractivity contribution in [1.29, 1.82) is 0 Å². The molecule has 166 valence electrons. The Hall–Kier alpha value is -2.85. The molecule has 9 heteroatoms. The Kier molecular flexibility index (Phi) is 5.52. The maximum absolute atomic E-state index is 12.7. The summed E-state index contributed by atoms with van der Waals surface area (Å²) in [5.41, 5.74) is -0.540. The lowest BCUT2D eigenvalue weighted by Crippen LogP contribution is -2.53. The Labute approximate surface area is 177 Å². The second kappa shape index (κ2) is 8.01. The summed E-state index contributed by atoms with van der Waals surface area (Å²) in [6, 6.07) is 5.69. The lowest BCUT2D eigenvalue weighted by atomic mass is 9.91. The molecular formula is C22H24O9. The van der Waals surface area contributed by atoms with Crippen LogP contribution in [-0.4, -0.2) is 50.1 Å². The third-order valence-electron chi connectivity index (χ3n) is 5.83. The molecule has 6 atom stereocenters. The summed E-state index contributed by atoms with van der Waals surface area (Å²) in [6.07, 6.45) is -3.92. The van der Waals surface area contributed by atoms with Gasteiger partial charge in [0, 0.05) is 24.0 Å². The van der Waals surface area contributed by atoms with E-state index >= 15 is 0 Å². The van der Waals surface area contributed by atoms with Crippen LogP contribution >= 0.6 is 0 Å². The van der Waals surface area contributed by atoms with Gasteiger partial charge in [0.1, 0.15) is 23.4 Å². The largest absolute Gasteiger partial charge is 0.508 e. The third-order valence-corrected chi connectivity index (χ3v) is 5.83. The normalized spacial score (nSPS) is 30.4. The molecular weight excluding hydrogens is 408 g/mol. The molecule has 1 aliphatic heterocycles. The number of rotatable bonds is 3. The quantitative estimate of drug-likeness (QED) is 0.487. The summed E-state index contributed by atoms with van der Waals surface area (Å²) >= 11 is 0. The van der Waals surface area contributed by atoms with Crippen molar-refractivity contribution in [2.24, 2.45) is 5.92 Å². The first-order valence-electron chi connectivity index (χ1n) is 9.93. The van der Waals surface area contributed by atoms with Gasteiger partial charge in [0.15, 0.2) is 5.76 Å². The van der Waals surface area contributed by atoms with Crippen molar-refractivity contribution in [2.75, 3.05) is 0 Å². The van der Waals surface area contributed by atoms with E-state index in [1.165, 1.54) is 30.3 Å². The van der Waals surface area contributed by atoms with Gasteiger partial charge in [-0.05, 0) is 31.2 Å².